The molecule has 1 N–H and O–H groups in total. The monoisotopic (exact) mass is 1170 g/mol. The number of ether oxygens (including phenoxy) is 1. The Morgan fingerprint density at radius 1 is 0.603 bits per heavy atom. The van der Waals surface area contributed by atoms with Crippen LogP contribution in [0.25, 0.3) is 68.6 Å². The molecule has 0 spiro atoms. The number of aromatic carboxylic acids is 1. The van der Waals surface area contributed by atoms with E-state index in [1.165, 1.54) is 187 Å². The fourth-order valence-electron chi connectivity index (χ4n) is 7.53. The van der Waals surface area contributed by atoms with Gasteiger partial charge < -0.3 is 27.9 Å². The third-order valence-corrected chi connectivity index (χ3v) is 16.1. The SMILES string of the molecule is CCCCCCCCc1ccc(-c2ccc(-c3ccnc(-c4cc(-c5ccc(-c6ccc(CCCCCCCC)s6)s5)ccn4)c3)s2)s1.N#C[S-].O=COc1ccnc(-c2cc(C(=O)O)ccn2)c1.[N-]=C=S.[Ru+2]. The Morgan fingerprint density at radius 2 is 0.973 bits per heavy atom. The first-order valence-corrected chi connectivity index (χ1v) is 27.9. The fourth-order valence-corrected chi connectivity index (χ4v) is 11.8. The molecule has 10 nitrogen and oxygen atoms in total. The number of nitrogens with zero attached hydrogens (tertiary/aromatic N) is 6. The number of pyridine rings is 4. The minimum atomic E-state index is -1.04. The van der Waals surface area contributed by atoms with Crippen LogP contribution in [0, 0.1) is 10.7 Å². The number of unbranched alkanes of at least 4 members (excludes halogenated alkanes) is 10. The number of rotatable bonds is 23. The molecular weight excluding hydrogens is 1110 g/mol. The molecule has 0 unspecified atom stereocenters. The predicted molar refractivity (Wildman–Crippen MR) is 305 cm³/mol. The second kappa shape index (κ2) is 34.1. The van der Waals surface area contributed by atoms with E-state index in [0.29, 0.717) is 23.6 Å². The number of carbonyl (C=O) groups excluding carboxylic acids is 1. The van der Waals surface area contributed by atoms with Crippen molar-refractivity contribution in [2.75, 3.05) is 0 Å². The molecule has 8 aromatic heterocycles. The van der Waals surface area contributed by atoms with Crippen molar-refractivity contribution in [3.8, 4) is 74.3 Å². The molecule has 0 aliphatic carbocycles. The molecule has 8 heterocycles. The van der Waals surface area contributed by atoms with Gasteiger partial charge in [-0.3, -0.25) is 24.7 Å². The maximum absolute atomic E-state index is 10.8. The summed E-state index contributed by atoms with van der Waals surface area (Å²) in [6.07, 6.45) is 25.3. The molecule has 0 atom stereocenters. The number of thiocarbonyl (C=S) groups is 1. The summed E-state index contributed by atoms with van der Waals surface area (Å²) < 4.78 is 4.68. The molecule has 8 rings (SSSR count). The molecular formula is C56H56N6O4RuS6. The molecule has 378 valence electrons. The number of nitriles is 1. The van der Waals surface area contributed by atoms with Crippen molar-refractivity contribution in [3.05, 3.63) is 143 Å². The standard InChI is InChI=1S/C42H48N2S4.C12H8N2O4.CHNS.CNS.Ru/c1-3-5-7-9-11-13-15-33-17-19-39(45-33)41-23-21-37(47-41)31-25-27-43-35(29-31)36-30-32(26-28-44-36)38-22-24-42(48-38)40-20-18-34(46-40)16-14-12-10-8-6-4-2;15-7-18-9-2-4-14-11(6-9)10-5-8(12(16)17)1-3-13-10;2*2-1-3;/h17-30H,3-16H2,1-2H3;1-7H,(H,16,17);3H;;/q;;;-1;+2/p-1. The van der Waals surface area contributed by atoms with Crippen LogP contribution in [0.3, 0.4) is 0 Å². The van der Waals surface area contributed by atoms with Crippen LogP contribution < -0.4 is 4.74 Å². The summed E-state index contributed by atoms with van der Waals surface area (Å²) in [5.74, 6) is -0.725. The summed E-state index contributed by atoms with van der Waals surface area (Å²) in [7, 11) is 0. The molecule has 73 heavy (non-hydrogen) atoms. The van der Waals surface area contributed by atoms with Gasteiger partial charge in [0.25, 0.3) is 6.47 Å². The molecule has 0 bridgehead atoms. The molecule has 0 saturated heterocycles. The van der Waals surface area contributed by atoms with Crippen molar-refractivity contribution in [2.45, 2.75) is 104 Å². The molecule has 0 fully saturated rings. The molecule has 17 heteroatoms. The van der Waals surface area contributed by atoms with Gasteiger partial charge in [0, 0.05) is 69.9 Å². The third-order valence-electron chi connectivity index (χ3n) is 11.1. The van der Waals surface area contributed by atoms with Gasteiger partial charge in [0.2, 0.25) is 0 Å². The Morgan fingerprint density at radius 3 is 1.42 bits per heavy atom. The zero-order valence-electron chi connectivity index (χ0n) is 40.7. The van der Waals surface area contributed by atoms with E-state index in [0.717, 1.165) is 11.4 Å². The molecule has 0 aromatic carbocycles. The van der Waals surface area contributed by atoms with E-state index in [2.05, 4.69) is 126 Å². The number of carboxylic acid groups (broad SMARTS) is 1. The number of isothiocyanates is 1. The second-order valence-electron chi connectivity index (χ2n) is 16.3. The van der Waals surface area contributed by atoms with Gasteiger partial charge in [0.1, 0.15) is 5.75 Å². The number of thiocyanates is 1. The predicted octanol–water partition coefficient (Wildman–Crippen LogP) is 16.9. The van der Waals surface area contributed by atoms with Gasteiger partial charge in [0.15, 0.2) is 0 Å². The first kappa shape index (κ1) is 60.0. The van der Waals surface area contributed by atoms with Crippen molar-refractivity contribution in [1.82, 2.24) is 19.9 Å². The first-order chi connectivity index (χ1) is 35.2. The van der Waals surface area contributed by atoms with Crippen LogP contribution in [-0.4, -0.2) is 42.6 Å². The second-order valence-corrected chi connectivity index (χ2v) is 21.1. The van der Waals surface area contributed by atoms with Gasteiger partial charge in [-0.05, 0) is 128 Å². The van der Waals surface area contributed by atoms with E-state index in [4.69, 9.17) is 25.7 Å². The zero-order valence-corrected chi connectivity index (χ0v) is 47.3. The van der Waals surface area contributed by atoms with Gasteiger partial charge in [-0.25, -0.2) is 10.1 Å². The Labute approximate surface area is 468 Å². The summed E-state index contributed by atoms with van der Waals surface area (Å²) in [6, 6.07) is 32.8. The van der Waals surface area contributed by atoms with Crippen LogP contribution in [0.4, 0.5) is 0 Å². The normalized spacial score (nSPS) is 10.2. The molecule has 8 aromatic rings. The maximum Gasteiger partial charge on any atom is 2.00 e. The van der Waals surface area contributed by atoms with E-state index in [1.54, 1.807) is 0 Å². The van der Waals surface area contributed by atoms with Gasteiger partial charge in [-0.2, -0.15) is 5.16 Å². The molecule has 0 aliphatic heterocycles. The first-order valence-electron chi connectivity index (χ1n) is 23.8. The largest absolute Gasteiger partial charge is 2.00 e. The number of carboxylic acids is 1. The van der Waals surface area contributed by atoms with Gasteiger partial charge >= 0.3 is 25.4 Å². The maximum atomic E-state index is 10.8. The van der Waals surface area contributed by atoms with Crippen molar-refractivity contribution >= 4 is 87.8 Å². The van der Waals surface area contributed by atoms with Gasteiger partial charge in [-0.15, -0.1) is 45.3 Å². The van der Waals surface area contributed by atoms with Crippen molar-refractivity contribution in [3.63, 3.8) is 0 Å². The van der Waals surface area contributed by atoms with E-state index in [9.17, 15) is 9.59 Å². The summed E-state index contributed by atoms with van der Waals surface area (Å²) in [4.78, 5) is 49.6. The van der Waals surface area contributed by atoms with Crippen molar-refractivity contribution in [1.29, 1.82) is 5.26 Å². The Balaban J connectivity index is 0.000000383. The average Bonchev–Trinajstić information content (AvgIpc) is 4.26. The van der Waals surface area contributed by atoms with Crippen LogP contribution in [0.15, 0.2) is 122 Å². The Hall–Kier alpha value is -5.53. The van der Waals surface area contributed by atoms with Crippen molar-refractivity contribution < 1.29 is 38.9 Å². The average molecular weight is 1170 g/mol. The molecule has 0 saturated carbocycles. The molecule has 0 aliphatic rings. The third kappa shape index (κ3) is 20.0. The number of hydrogen-bond donors (Lipinski definition) is 1. The van der Waals surface area contributed by atoms with Crippen LogP contribution >= 0.6 is 57.6 Å². The summed E-state index contributed by atoms with van der Waals surface area (Å²) >= 11 is 15.1. The van der Waals surface area contributed by atoms with Crippen molar-refractivity contribution in [2.24, 2.45) is 0 Å². The molecule has 0 amide bonds. The minimum absolute atomic E-state index is 0. The Kier molecular flexibility index (Phi) is 28.0. The number of aromatic nitrogens is 4. The smallest absolute Gasteiger partial charge is 0.753 e. The van der Waals surface area contributed by atoms with Crippen LogP contribution in [0.2, 0.25) is 0 Å². The van der Waals surface area contributed by atoms with Crippen LogP contribution in [0.1, 0.15) is 111 Å². The number of aryl methyl sites for hydroxylation is 2. The number of hydrogen-bond acceptors (Lipinski definition) is 14. The summed E-state index contributed by atoms with van der Waals surface area (Å²) in [5, 5.41) is 25.8. The summed E-state index contributed by atoms with van der Waals surface area (Å²) in [6.45, 7) is 4.87. The number of carbonyl (C=O) groups is 2. The number of thiophene rings is 4. The van der Waals surface area contributed by atoms with Crippen LogP contribution in [-0.2, 0) is 49.7 Å². The quantitative estimate of drug-likeness (QED) is 0.0123. The van der Waals surface area contributed by atoms with E-state index in [1.807, 2.05) is 57.7 Å². The minimum Gasteiger partial charge on any atom is -0.753 e. The van der Waals surface area contributed by atoms with Gasteiger partial charge in [-0.1, -0.05) is 95.7 Å². The van der Waals surface area contributed by atoms with E-state index in [-0.39, 0.29) is 25.0 Å². The summed E-state index contributed by atoms with van der Waals surface area (Å²) in [5.41, 5.74) is 5.15. The van der Waals surface area contributed by atoms with E-state index >= 15 is 0 Å². The zero-order chi connectivity index (χ0) is 51.3. The van der Waals surface area contributed by atoms with Gasteiger partial charge in [0.05, 0.1) is 28.3 Å². The van der Waals surface area contributed by atoms with E-state index < -0.39 is 5.97 Å². The topological polar surface area (TPSA) is 161 Å². The Bertz CT molecular complexity index is 2860. The fraction of sp³-hybridized carbons (Fsp3) is 0.286. The molecule has 0 radical (unpaired) electrons. The van der Waals surface area contributed by atoms with Crippen LogP contribution in [0.5, 0.6) is 5.75 Å².